The lowest BCUT2D eigenvalue weighted by Crippen LogP contribution is -2.43. The second kappa shape index (κ2) is 8.43. The van der Waals surface area contributed by atoms with Crippen LogP contribution in [-0.2, 0) is 0 Å². The molecule has 0 saturated carbocycles. The average molecular weight is 436 g/mol. The Bertz CT molecular complexity index is 943. The third-order valence-electron chi connectivity index (χ3n) is 6.26. The Morgan fingerprint density at radius 1 is 1.29 bits per heavy atom. The zero-order valence-corrected chi connectivity index (χ0v) is 17.7. The van der Waals surface area contributed by atoms with Crippen LogP contribution in [0, 0.1) is 0 Å². The summed E-state index contributed by atoms with van der Waals surface area (Å²) in [6, 6.07) is 6.16. The topological polar surface area (TPSA) is 59.4 Å². The normalized spacial score (nSPS) is 23.8. The molecule has 2 aliphatic heterocycles. The summed E-state index contributed by atoms with van der Waals surface area (Å²) >= 11 is 0. The number of likely N-dealkylation sites (tertiary alicyclic amines) is 1. The maximum absolute atomic E-state index is 13.9. The van der Waals surface area contributed by atoms with E-state index in [1.54, 1.807) is 29.2 Å². The number of ether oxygens (including phenoxy) is 1. The number of carbonyl (C=O) groups is 1. The van der Waals surface area contributed by atoms with E-state index in [1.807, 2.05) is 6.92 Å². The Morgan fingerprint density at radius 3 is 2.81 bits per heavy atom. The molecule has 2 aliphatic rings. The van der Waals surface area contributed by atoms with Crippen LogP contribution in [0.4, 0.5) is 19.0 Å². The van der Waals surface area contributed by atoms with E-state index < -0.39 is 18.3 Å². The number of rotatable bonds is 4. The van der Waals surface area contributed by atoms with E-state index in [0.717, 1.165) is 30.4 Å². The van der Waals surface area contributed by atoms with Gasteiger partial charge in [-0.3, -0.25) is 4.79 Å². The minimum atomic E-state index is -4.49. The number of alkyl halides is 3. The minimum absolute atomic E-state index is 0.0587. The summed E-state index contributed by atoms with van der Waals surface area (Å²) in [5, 5.41) is 7.27. The van der Waals surface area contributed by atoms with E-state index >= 15 is 0 Å². The summed E-state index contributed by atoms with van der Waals surface area (Å²) in [6.45, 7) is 2.64. The van der Waals surface area contributed by atoms with E-state index in [-0.39, 0.29) is 29.9 Å². The number of nitrogens with zero attached hydrogens (tertiary/aromatic N) is 3. The number of fused-ring (bicyclic) bond motifs is 1. The predicted molar refractivity (Wildman–Crippen MR) is 110 cm³/mol. The average Bonchev–Trinajstić information content (AvgIpc) is 3.21. The van der Waals surface area contributed by atoms with Crippen LogP contribution in [0.1, 0.15) is 67.2 Å². The first-order valence-corrected chi connectivity index (χ1v) is 10.7. The summed E-state index contributed by atoms with van der Waals surface area (Å²) < 4.78 is 47.9. The van der Waals surface area contributed by atoms with Crippen LogP contribution in [0.25, 0.3) is 0 Å². The van der Waals surface area contributed by atoms with Crippen LogP contribution in [0.5, 0.6) is 5.75 Å². The van der Waals surface area contributed by atoms with Gasteiger partial charge >= 0.3 is 6.18 Å². The molecule has 1 saturated heterocycles. The van der Waals surface area contributed by atoms with E-state index in [2.05, 4.69) is 10.4 Å². The van der Waals surface area contributed by atoms with E-state index in [1.165, 1.54) is 13.2 Å². The monoisotopic (exact) mass is 436 g/mol. The third kappa shape index (κ3) is 4.22. The molecule has 6 nitrogen and oxygen atoms in total. The highest BCUT2D eigenvalue weighted by molar-refractivity contribution is 5.93. The quantitative estimate of drug-likeness (QED) is 0.736. The lowest BCUT2D eigenvalue weighted by atomic mass is 9.97. The van der Waals surface area contributed by atoms with Gasteiger partial charge in [0.05, 0.1) is 13.2 Å². The maximum atomic E-state index is 13.9. The summed E-state index contributed by atoms with van der Waals surface area (Å²) in [6.07, 6.45) is -1.02. The van der Waals surface area contributed by atoms with Crippen LogP contribution in [0.2, 0.25) is 0 Å². The standard InChI is InChI=1S/C22H27F3N4O2/c1-3-15-8-4-5-10-28(15)21(30)18-13-20-26-17(14-7-6-9-16(11-14)31-2)12-19(22(23,24)25)29(20)27-18/h6-7,9,11,13,15,17,19,26H,3-5,8,10,12H2,1-2H3/t15-,17+,19-/m1/s1. The number of piperidine rings is 1. The van der Waals surface area contributed by atoms with Crippen molar-refractivity contribution in [2.24, 2.45) is 0 Å². The molecule has 1 N–H and O–H groups in total. The van der Waals surface area contributed by atoms with E-state index in [9.17, 15) is 18.0 Å². The first-order chi connectivity index (χ1) is 14.8. The maximum Gasteiger partial charge on any atom is 0.410 e. The molecule has 3 heterocycles. The predicted octanol–water partition coefficient (Wildman–Crippen LogP) is 4.96. The Balaban J connectivity index is 1.66. The van der Waals surface area contributed by atoms with Crippen molar-refractivity contribution in [3.8, 4) is 5.75 Å². The Morgan fingerprint density at radius 2 is 2.10 bits per heavy atom. The molecule has 0 radical (unpaired) electrons. The van der Waals surface area contributed by atoms with Gasteiger partial charge in [-0.2, -0.15) is 18.3 Å². The van der Waals surface area contributed by atoms with Crippen molar-refractivity contribution in [1.82, 2.24) is 14.7 Å². The summed E-state index contributed by atoms with van der Waals surface area (Å²) in [5.74, 6) is 0.484. The van der Waals surface area contributed by atoms with E-state index in [4.69, 9.17) is 4.74 Å². The zero-order valence-electron chi connectivity index (χ0n) is 17.7. The molecular weight excluding hydrogens is 409 g/mol. The molecule has 2 aromatic rings. The van der Waals surface area contributed by atoms with Crippen molar-refractivity contribution in [3.63, 3.8) is 0 Å². The SMILES string of the molecule is CC[C@@H]1CCCCN1C(=O)c1cc2n(n1)[C@@H](C(F)(F)F)C[C@@H](c1cccc(OC)c1)N2. The smallest absolute Gasteiger partial charge is 0.410 e. The van der Waals surface area contributed by atoms with Gasteiger partial charge in [-0.25, -0.2) is 4.68 Å². The molecule has 31 heavy (non-hydrogen) atoms. The van der Waals surface area contributed by atoms with Crippen LogP contribution >= 0.6 is 0 Å². The largest absolute Gasteiger partial charge is 0.497 e. The van der Waals surface area contributed by atoms with Gasteiger partial charge in [0.2, 0.25) is 0 Å². The first-order valence-electron chi connectivity index (χ1n) is 10.7. The van der Waals surface area contributed by atoms with Crippen molar-refractivity contribution in [2.45, 2.75) is 63.3 Å². The van der Waals surface area contributed by atoms with Gasteiger partial charge in [0.1, 0.15) is 11.6 Å². The molecule has 0 aliphatic carbocycles. The number of halogens is 3. The summed E-state index contributed by atoms with van der Waals surface area (Å²) in [4.78, 5) is 14.9. The Hall–Kier alpha value is -2.71. The van der Waals surface area contributed by atoms with Gasteiger partial charge in [-0.05, 0) is 43.4 Å². The van der Waals surface area contributed by atoms with Crippen molar-refractivity contribution < 1.29 is 22.7 Å². The van der Waals surface area contributed by atoms with E-state index in [0.29, 0.717) is 17.9 Å². The molecule has 0 spiro atoms. The molecule has 0 bridgehead atoms. The highest BCUT2D eigenvalue weighted by Gasteiger charge is 2.47. The second-order valence-corrected chi connectivity index (χ2v) is 8.18. The fourth-order valence-corrected chi connectivity index (χ4v) is 4.59. The molecule has 4 rings (SSSR count). The number of carbonyl (C=O) groups excluding carboxylic acids is 1. The van der Waals surface area contributed by atoms with Crippen LogP contribution in [0.3, 0.4) is 0 Å². The summed E-state index contributed by atoms with van der Waals surface area (Å²) in [5.41, 5.74) is 0.749. The van der Waals surface area contributed by atoms with Gasteiger partial charge in [0.25, 0.3) is 5.91 Å². The van der Waals surface area contributed by atoms with Crippen molar-refractivity contribution >= 4 is 11.7 Å². The fraction of sp³-hybridized carbons (Fsp3) is 0.545. The molecule has 1 fully saturated rings. The highest BCUT2D eigenvalue weighted by atomic mass is 19.4. The third-order valence-corrected chi connectivity index (χ3v) is 6.26. The second-order valence-electron chi connectivity index (χ2n) is 8.18. The highest BCUT2D eigenvalue weighted by Crippen LogP contribution is 2.44. The molecule has 9 heteroatoms. The number of hydrogen-bond donors (Lipinski definition) is 1. The van der Waals surface area contributed by atoms with Gasteiger partial charge in [-0.15, -0.1) is 0 Å². The van der Waals surface area contributed by atoms with Crippen LogP contribution in [0.15, 0.2) is 30.3 Å². The molecule has 3 atom stereocenters. The van der Waals surface area contributed by atoms with Gasteiger partial charge in [0, 0.05) is 25.1 Å². The lowest BCUT2D eigenvalue weighted by molar-refractivity contribution is -0.173. The first kappa shape index (κ1) is 21.5. The van der Waals surface area contributed by atoms with Crippen molar-refractivity contribution in [3.05, 3.63) is 41.6 Å². The van der Waals surface area contributed by atoms with Crippen LogP contribution in [-0.4, -0.2) is 46.5 Å². The van der Waals surface area contributed by atoms with Crippen molar-refractivity contribution in [2.75, 3.05) is 19.0 Å². The number of hydrogen-bond acceptors (Lipinski definition) is 4. The van der Waals surface area contributed by atoms with Crippen molar-refractivity contribution in [1.29, 1.82) is 0 Å². The Labute approximate surface area is 179 Å². The molecule has 1 aromatic heterocycles. The number of amides is 1. The Kier molecular flexibility index (Phi) is 5.85. The number of methoxy groups -OCH3 is 1. The lowest BCUT2D eigenvalue weighted by Gasteiger charge is -2.34. The summed E-state index contributed by atoms with van der Waals surface area (Å²) in [7, 11) is 1.52. The number of benzene rings is 1. The number of nitrogens with one attached hydrogen (secondary N) is 1. The molecular formula is C22H27F3N4O2. The molecule has 1 amide bonds. The molecule has 1 aromatic carbocycles. The number of anilines is 1. The van der Waals surface area contributed by atoms with Gasteiger partial charge in [0.15, 0.2) is 11.7 Å². The fourth-order valence-electron chi connectivity index (χ4n) is 4.59. The van der Waals surface area contributed by atoms with Gasteiger partial charge in [-0.1, -0.05) is 19.1 Å². The van der Waals surface area contributed by atoms with Gasteiger partial charge < -0.3 is 15.0 Å². The zero-order chi connectivity index (χ0) is 22.2. The minimum Gasteiger partial charge on any atom is -0.497 e. The molecule has 168 valence electrons. The van der Waals surface area contributed by atoms with Crippen LogP contribution < -0.4 is 10.1 Å². The molecule has 0 unspecified atom stereocenters. The number of aromatic nitrogens is 2.